The zero-order chi connectivity index (χ0) is 8.04. The van der Waals surface area contributed by atoms with Crippen LogP contribution in [0.1, 0.15) is 27.2 Å². The first-order chi connectivity index (χ1) is 4.62. The number of hydrogen-bond acceptors (Lipinski definition) is 1. The van der Waals surface area contributed by atoms with Crippen molar-refractivity contribution in [3.63, 3.8) is 0 Å². The lowest BCUT2D eigenvalue weighted by molar-refractivity contribution is 0.108. The molecule has 1 unspecified atom stereocenters. The highest BCUT2D eigenvalue weighted by atomic mass is 16.3. The van der Waals surface area contributed by atoms with Gasteiger partial charge in [0.15, 0.2) is 0 Å². The summed E-state index contributed by atoms with van der Waals surface area (Å²) in [7, 11) is 0. The molecule has 0 saturated carbocycles. The summed E-state index contributed by atoms with van der Waals surface area (Å²) in [6.07, 6.45) is 8.25. The maximum Gasteiger partial charge on any atom is 0.0800 e. The Morgan fingerprint density at radius 3 is 2.40 bits per heavy atom. The van der Waals surface area contributed by atoms with Gasteiger partial charge in [-0.3, -0.25) is 0 Å². The Morgan fingerprint density at radius 2 is 2.00 bits per heavy atom. The minimum Gasteiger partial charge on any atom is -0.386 e. The third-order valence-electron chi connectivity index (χ3n) is 1.47. The van der Waals surface area contributed by atoms with E-state index in [1.54, 1.807) is 13.0 Å². The monoisotopic (exact) mass is 140 g/mol. The molecule has 0 saturated heterocycles. The highest BCUT2D eigenvalue weighted by molar-refractivity contribution is 5.07. The number of aliphatic hydroxyl groups is 1. The average molecular weight is 140 g/mol. The third kappa shape index (κ3) is 4.33. The van der Waals surface area contributed by atoms with Gasteiger partial charge >= 0.3 is 0 Å². The molecule has 0 aliphatic rings. The van der Waals surface area contributed by atoms with E-state index in [4.69, 9.17) is 0 Å². The van der Waals surface area contributed by atoms with Gasteiger partial charge < -0.3 is 5.11 Å². The van der Waals surface area contributed by atoms with Crippen LogP contribution in [0, 0.1) is 0 Å². The third-order valence-corrected chi connectivity index (χ3v) is 1.47. The summed E-state index contributed by atoms with van der Waals surface area (Å²) >= 11 is 0. The van der Waals surface area contributed by atoms with Crippen molar-refractivity contribution in [2.24, 2.45) is 0 Å². The van der Waals surface area contributed by atoms with Crippen LogP contribution in [0.3, 0.4) is 0 Å². The summed E-state index contributed by atoms with van der Waals surface area (Å²) < 4.78 is 0. The predicted molar refractivity (Wildman–Crippen MR) is 44.9 cm³/mol. The fourth-order valence-electron chi connectivity index (χ4n) is 0.492. The van der Waals surface area contributed by atoms with Gasteiger partial charge in [-0.2, -0.15) is 0 Å². The van der Waals surface area contributed by atoms with Crippen LogP contribution in [0.15, 0.2) is 24.3 Å². The first-order valence-corrected chi connectivity index (χ1v) is 3.65. The molecule has 0 amide bonds. The molecule has 0 fully saturated rings. The van der Waals surface area contributed by atoms with Crippen LogP contribution in [0.25, 0.3) is 0 Å². The first-order valence-electron chi connectivity index (χ1n) is 3.65. The number of hydrogen-bond donors (Lipinski definition) is 1. The van der Waals surface area contributed by atoms with Crippen LogP contribution in [-0.4, -0.2) is 10.7 Å². The smallest absolute Gasteiger partial charge is 0.0800 e. The quantitative estimate of drug-likeness (QED) is 0.596. The van der Waals surface area contributed by atoms with E-state index < -0.39 is 5.60 Å². The summed E-state index contributed by atoms with van der Waals surface area (Å²) in [4.78, 5) is 0. The average Bonchev–Trinajstić information content (AvgIpc) is 1.89. The molecule has 1 N–H and O–H groups in total. The standard InChI is InChI=1S/C9H16O/c1-4-6-7-8-9(3,10)5-2/h4,6-8,10H,5H2,1-3H3/b6-4+,8-7+. The molecule has 1 heteroatoms. The minimum atomic E-state index is -0.639. The van der Waals surface area contributed by atoms with Crippen molar-refractivity contribution in [2.75, 3.05) is 0 Å². The molecule has 0 radical (unpaired) electrons. The second-order valence-corrected chi connectivity index (χ2v) is 2.60. The van der Waals surface area contributed by atoms with Crippen molar-refractivity contribution in [3.8, 4) is 0 Å². The van der Waals surface area contributed by atoms with E-state index in [1.165, 1.54) is 0 Å². The Morgan fingerprint density at radius 1 is 1.40 bits per heavy atom. The van der Waals surface area contributed by atoms with Crippen LogP contribution >= 0.6 is 0 Å². The maximum absolute atomic E-state index is 9.43. The van der Waals surface area contributed by atoms with Crippen molar-refractivity contribution in [3.05, 3.63) is 24.3 Å². The SMILES string of the molecule is C/C=C/C=C/C(C)(O)CC. The van der Waals surface area contributed by atoms with E-state index in [-0.39, 0.29) is 0 Å². The molecule has 0 aromatic heterocycles. The Bertz CT molecular complexity index is 132. The van der Waals surface area contributed by atoms with Gasteiger partial charge in [0.05, 0.1) is 5.60 Å². The Labute approximate surface area is 63.1 Å². The summed E-state index contributed by atoms with van der Waals surface area (Å²) in [5.41, 5.74) is -0.639. The Kier molecular flexibility index (Phi) is 4.05. The molecular formula is C9H16O. The maximum atomic E-state index is 9.43. The largest absolute Gasteiger partial charge is 0.386 e. The Balaban J connectivity index is 3.86. The zero-order valence-corrected chi connectivity index (χ0v) is 6.96. The molecular weight excluding hydrogens is 124 g/mol. The van der Waals surface area contributed by atoms with Gasteiger partial charge in [-0.05, 0) is 20.3 Å². The van der Waals surface area contributed by atoms with E-state index in [2.05, 4.69) is 0 Å². The topological polar surface area (TPSA) is 20.2 Å². The van der Waals surface area contributed by atoms with Gasteiger partial charge in [0, 0.05) is 0 Å². The van der Waals surface area contributed by atoms with Crippen LogP contribution < -0.4 is 0 Å². The lowest BCUT2D eigenvalue weighted by atomic mass is 10.0. The van der Waals surface area contributed by atoms with Gasteiger partial charge in [0.2, 0.25) is 0 Å². The summed E-state index contributed by atoms with van der Waals surface area (Å²) in [5.74, 6) is 0. The molecule has 0 aliphatic carbocycles. The van der Waals surface area contributed by atoms with Crippen molar-refractivity contribution in [1.29, 1.82) is 0 Å². The molecule has 0 heterocycles. The summed E-state index contributed by atoms with van der Waals surface area (Å²) in [5, 5.41) is 9.43. The molecule has 1 nitrogen and oxygen atoms in total. The van der Waals surface area contributed by atoms with E-state index in [1.807, 2.05) is 32.1 Å². The van der Waals surface area contributed by atoms with Crippen LogP contribution in [0.5, 0.6) is 0 Å². The Hall–Kier alpha value is -0.560. The second-order valence-electron chi connectivity index (χ2n) is 2.60. The predicted octanol–water partition coefficient (Wildman–Crippen LogP) is 2.28. The molecule has 0 spiro atoms. The second kappa shape index (κ2) is 4.29. The lowest BCUT2D eigenvalue weighted by Crippen LogP contribution is -2.18. The van der Waals surface area contributed by atoms with Gasteiger partial charge in [-0.15, -0.1) is 0 Å². The van der Waals surface area contributed by atoms with Gasteiger partial charge in [-0.25, -0.2) is 0 Å². The fraction of sp³-hybridized carbons (Fsp3) is 0.556. The summed E-state index contributed by atoms with van der Waals surface area (Å²) in [6.45, 7) is 5.71. The molecule has 0 aromatic rings. The summed E-state index contributed by atoms with van der Waals surface area (Å²) in [6, 6.07) is 0. The number of rotatable bonds is 3. The van der Waals surface area contributed by atoms with Crippen LogP contribution in [0.4, 0.5) is 0 Å². The van der Waals surface area contributed by atoms with Crippen molar-refractivity contribution in [1.82, 2.24) is 0 Å². The van der Waals surface area contributed by atoms with Crippen LogP contribution in [0.2, 0.25) is 0 Å². The van der Waals surface area contributed by atoms with Gasteiger partial charge in [0.25, 0.3) is 0 Å². The van der Waals surface area contributed by atoms with E-state index in [0.29, 0.717) is 0 Å². The molecule has 1 atom stereocenters. The van der Waals surface area contributed by atoms with Gasteiger partial charge in [0.1, 0.15) is 0 Å². The first kappa shape index (κ1) is 9.44. The lowest BCUT2D eigenvalue weighted by Gasteiger charge is -2.14. The number of allylic oxidation sites excluding steroid dienone is 3. The highest BCUT2D eigenvalue weighted by Gasteiger charge is 2.10. The van der Waals surface area contributed by atoms with Crippen LogP contribution in [-0.2, 0) is 0 Å². The van der Waals surface area contributed by atoms with Crippen molar-refractivity contribution < 1.29 is 5.11 Å². The highest BCUT2D eigenvalue weighted by Crippen LogP contribution is 2.09. The molecule has 10 heavy (non-hydrogen) atoms. The van der Waals surface area contributed by atoms with Crippen molar-refractivity contribution in [2.45, 2.75) is 32.8 Å². The van der Waals surface area contributed by atoms with Crippen molar-refractivity contribution >= 4 is 0 Å². The molecule has 0 bridgehead atoms. The fourth-order valence-corrected chi connectivity index (χ4v) is 0.492. The molecule has 58 valence electrons. The van der Waals surface area contributed by atoms with Gasteiger partial charge in [-0.1, -0.05) is 31.2 Å². The normalized spacial score (nSPS) is 18.4. The molecule has 0 rings (SSSR count). The van der Waals surface area contributed by atoms with E-state index >= 15 is 0 Å². The minimum absolute atomic E-state index is 0.639. The molecule has 0 aliphatic heterocycles. The van der Waals surface area contributed by atoms with E-state index in [9.17, 15) is 5.11 Å². The zero-order valence-electron chi connectivity index (χ0n) is 6.96. The van der Waals surface area contributed by atoms with E-state index in [0.717, 1.165) is 6.42 Å². The molecule has 0 aromatic carbocycles.